The van der Waals surface area contributed by atoms with Gasteiger partial charge in [0.15, 0.2) is 0 Å². The summed E-state index contributed by atoms with van der Waals surface area (Å²) in [5, 5.41) is 2.44. The molecule has 0 aliphatic heterocycles. The van der Waals surface area contributed by atoms with Crippen LogP contribution in [-0.4, -0.2) is 22.7 Å². The van der Waals surface area contributed by atoms with Crippen molar-refractivity contribution in [3.63, 3.8) is 0 Å². The quantitative estimate of drug-likeness (QED) is 0.375. The normalized spacial score (nSPS) is 12.2. The Balaban J connectivity index is 2.01. The van der Waals surface area contributed by atoms with Gasteiger partial charge in [0.05, 0.1) is 0 Å². The molecule has 4 aromatic rings. The third-order valence-corrected chi connectivity index (χ3v) is 5.77. The van der Waals surface area contributed by atoms with Gasteiger partial charge in [0.1, 0.15) is 17.3 Å². The van der Waals surface area contributed by atoms with Gasteiger partial charge in [0, 0.05) is 13.2 Å². The summed E-state index contributed by atoms with van der Waals surface area (Å²) in [5.74, 6) is 0. The lowest BCUT2D eigenvalue weighted by Crippen LogP contribution is -2.38. The number of halogens is 1. The second-order valence-electron chi connectivity index (χ2n) is 7.67. The van der Waals surface area contributed by atoms with Crippen molar-refractivity contribution in [2.45, 2.75) is 25.0 Å². The number of amides is 1. The van der Waals surface area contributed by atoms with Crippen molar-refractivity contribution in [1.82, 2.24) is 14.9 Å². The molecule has 0 saturated carbocycles. The van der Waals surface area contributed by atoms with Crippen molar-refractivity contribution in [3.8, 4) is 0 Å². The van der Waals surface area contributed by atoms with E-state index < -0.39 is 23.8 Å². The maximum atomic E-state index is 15.8. The molecule has 0 aliphatic rings. The molecule has 4 rings (SSSR count). The molecule has 1 aromatic heterocycles. The molecule has 0 radical (unpaired) electrons. The van der Waals surface area contributed by atoms with Gasteiger partial charge in [0.25, 0.3) is 6.08 Å². The minimum absolute atomic E-state index is 0.353. The van der Waals surface area contributed by atoms with Crippen molar-refractivity contribution < 1.29 is 13.9 Å². The van der Waals surface area contributed by atoms with E-state index in [2.05, 4.69) is 10.3 Å². The van der Waals surface area contributed by atoms with Crippen LogP contribution in [0.4, 0.5) is 9.18 Å². The summed E-state index contributed by atoms with van der Waals surface area (Å²) in [4.78, 5) is 16.0. The second-order valence-corrected chi connectivity index (χ2v) is 7.67. The Bertz CT molecular complexity index is 1100. The van der Waals surface area contributed by atoms with Gasteiger partial charge in [-0.25, -0.2) is 9.78 Å². The van der Waals surface area contributed by atoms with Crippen molar-refractivity contribution in [1.29, 1.82) is 0 Å². The molecule has 1 N–H and O–H groups in total. The van der Waals surface area contributed by atoms with Gasteiger partial charge in [0.2, 0.25) is 0 Å². The number of benzene rings is 3. The van der Waals surface area contributed by atoms with E-state index in [1.165, 1.54) is 11.6 Å². The number of hydrogen-bond acceptors (Lipinski definition) is 3. The average Bonchev–Trinajstić information content (AvgIpc) is 3.26. The van der Waals surface area contributed by atoms with E-state index in [0.717, 1.165) is 16.7 Å². The minimum atomic E-state index is -1.02. The molecule has 5 nitrogen and oxygen atoms in total. The number of carbonyl (C=O) groups excluding carboxylic acids is 1. The zero-order chi connectivity index (χ0) is 23.3. The van der Waals surface area contributed by atoms with Crippen LogP contribution in [0.25, 0.3) is 0 Å². The number of aromatic nitrogens is 2. The molecule has 0 fully saturated rings. The summed E-state index contributed by atoms with van der Waals surface area (Å²) in [6.07, 6.45) is 0.177. The monoisotopic (exact) mass is 443 g/mol. The molecule has 0 spiro atoms. The molecule has 1 unspecified atom stereocenters. The highest BCUT2D eigenvalue weighted by Gasteiger charge is 2.41. The van der Waals surface area contributed by atoms with Crippen molar-refractivity contribution in [2.75, 3.05) is 7.05 Å². The van der Waals surface area contributed by atoms with Crippen LogP contribution in [0.15, 0.2) is 97.2 Å². The van der Waals surface area contributed by atoms with Crippen LogP contribution in [-0.2, 0) is 10.3 Å². The molecule has 6 heteroatoms. The Morgan fingerprint density at radius 1 is 0.939 bits per heavy atom. The predicted octanol–water partition coefficient (Wildman–Crippen LogP) is 5.67. The first kappa shape index (κ1) is 22.3. The summed E-state index contributed by atoms with van der Waals surface area (Å²) in [6.45, 7) is 1.86. The van der Waals surface area contributed by atoms with E-state index in [0.29, 0.717) is 12.1 Å². The van der Waals surface area contributed by atoms with Crippen molar-refractivity contribution in [3.05, 3.63) is 126 Å². The largest absolute Gasteiger partial charge is 0.440 e. The van der Waals surface area contributed by atoms with Crippen LogP contribution >= 0.6 is 0 Å². The van der Waals surface area contributed by atoms with Crippen LogP contribution in [0.3, 0.4) is 0 Å². The van der Waals surface area contributed by atoms with Crippen LogP contribution in [0.2, 0.25) is 0 Å². The molecule has 1 atom stereocenters. The summed E-state index contributed by atoms with van der Waals surface area (Å²) < 4.78 is 22.8. The Hall–Kier alpha value is -3.93. The molecular weight excluding hydrogens is 417 g/mol. The Kier molecular flexibility index (Phi) is 6.54. The smallest absolute Gasteiger partial charge is 0.407 e. The Morgan fingerprint density at radius 2 is 1.39 bits per heavy atom. The number of carbonyl (C=O) groups is 1. The number of hydrogen-bond donors (Lipinski definition) is 1. The number of rotatable bonds is 7. The molecule has 3 aromatic carbocycles. The summed E-state index contributed by atoms with van der Waals surface area (Å²) in [6, 6.07) is 29.3. The van der Waals surface area contributed by atoms with E-state index in [1.54, 1.807) is 6.20 Å². The number of ether oxygens (including phenoxy) is 1. The highest BCUT2D eigenvalue weighted by atomic mass is 19.1. The van der Waals surface area contributed by atoms with Gasteiger partial charge < -0.3 is 10.1 Å². The predicted molar refractivity (Wildman–Crippen MR) is 125 cm³/mol. The first-order valence-electron chi connectivity index (χ1n) is 10.9. The fourth-order valence-corrected chi connectivity index (χ4v) is 4.26. The van der Waals surface area contributed by atoms with Gasteiger partial charge in [-0.15, -0.1) is 0 Å². The van der Waals surface area contributed by atoms with Gasteiger partial charge in [-0.3, -0.25) is 4.57 Å². The van der Waals surface area contributed by atoms with E-state index in [1.807, 2.05) is 97.9 Å². The standard InChI is InChI=1S/C27H26FN3O2/c1-3-24(33-26(32)29-2)23-19-31(25(28)30-23)27(20-13-7-4-8-14-20,21-15-9-5-10-16-21)22-17-11-6-12-18-22/h4-19,24H,3H2,1-2H3,(H,29,32). The third kappa shape index (κ3) is 4.12. The summed E-state index contributed by atoms with van der Waals surface area (Å²) >= 11 is 0. The first-order valence-corrected chi connectivity index (χ1v) is 10.9. The lowest BCUT2D eigenvalue weighted by atomic mass is 9.76. The van der Waals surface area contributed by atoms with Crippen LogP contribution < -0.4 is 5.32 Å². The van der Waals surface area contributed by atoms with Crippen molar-refractivity contribution in [2.24, 2.45) is 0 Å². The van der Waals surface area contributed by atoms with Gasteiger partial charge in [-0.2, -0.15) is 4.39 Å². The molecular formula is C27H26FN3O2. The average molecular weight is 444 g/mol. The molecule has 0 saturated heterocycles. The fourth-order valence-electron chi connectivity index (χ4n) is 4.26. The highest BCUT2D eigenvalue weighted by Crippen LogP contribution is 2.42. The van der Waals surface area contributed by atoms with E-state index in [-0.39, 0.29) is 0 Å². The van der Waals surface area contributed by atoms with Crippen LogP contribution in [0.1, 0.15) is 41.8 Å². The van der Waals surface area contributed by atoms with E-state index in [9.17, 15) is 4.79 Å². The lowest BCUT2D eigenvalue weighted by molar-refractivity contribution is 0.0946. The van der Waals surface area contributed by atoms with E-state index >= 15 is 4.39 Å². The third-order valence-electron chi connectivity index (χ3n) is 5.77. The number of imidazole rings is 1. The minimum Gasteiger partial charge on any atom is -0.440 e. The Morgan fingerprint density at radius 3 is 1.79 bits per heavy atom. The molecule has 33 heavy (non-hydrogen) atoms. The first-order chi connectivity index (χ1) is 16.1. The maximum absolute atomic E-state index is 15.8. The fraction of sp³-hybridized carbons (Fsp3) is 0.185. The second kappa shape index (κ2) is 9.69. The number of alkyl carbamates (subject to hydrolysis) is 1. The Labute approximate surface area is 192 Å². The zero-order valence-electron chi connectivity index (χ0n) is 18.6. The topological polar surface area (TPSA) is 56.1 Å². The number of nitrogens with one attached hydrogen (secondary N) is 1. The molecule has 0 bridgehead atoms. The molecule has 168 valence electrons. The molecule has 1 heterocycles. The molecule has 1 amide bonds. The van der Waals surface area contributed by atoms with Gasteiger partial charge >= 0.3 is 6.09 Å². The summed E-state index contributed by atoms with van der Waals surface area (Å²) in [5.41, 5.74) is 1.97. The van der Waals surface area contributed by atoms with Crippen molar-refractivity contribution >= 4 is 6.09 Å². The van der Waals surface area contributed by atoms with Crippen LogP contribution in [0.5, 0.6) is 0 Å². The number of nitrogens with zero attached hydrogens (tertiary/aromatic N) is 2. The van der Waals surface area contributed by atoms with Crippen LogP contribution in [0, 0.1) is 6.08 Å². The van der Waals surface area contributed by atoms with E-state index in [4.69, 9.17) is 4.74 Å². The maximum Gasteiger partial charge on any atom is 0.407 e. The zero-order valence-corrected chi connectivity index (χ0v) is 18.6. The SMILES string of the molecule is CCC(OC(=O)NC)c1cn(C(c2ccccc2)(c2ccccc2)c2ccccc2)c(F)n1. The van der Waals surface area contributed by atoms with Gasteiger partial charge in [-0.1, -0.05) is 97.9 Å². The molecule has 0 aliphatic carbocycles. The highest BCUT2D eigenvalue weighted by molar-refractivity contribution is 5.67. The summed E-state index contributed by atoms with van der Waals surface area (Å²) in [7, 11) is 1.49. The lowest BCUT2D eigenvalue weighted by Gasteiger charge is -2.37. The van der Waals surface area contributed by atoms with Gasteiger partial charge in [-0.05, 0) is 23.1 Å².